The monoisotopic (exact) mass is 352 g/mol. The zero-order chi connectivity index (χ0) is 14.2. The molecule has 0 radical (unpaired) electrons. The first-order chi connectivity index (χ1) is 9.59. The van der Waals surface area contributed by atoms with Gasteiger partial charge in [0, 0.05) is 15.7 Å². The van der Waals surface area contributed by atoms with Crippen molar-refractivity contribution in [1.29, 1.82) is 0 Å². The zero-order valence-electron chi connectivity index (χ0n) is 11.8. The first kappa shape index (κ1) is 14.3. The van der Waals surface area contributed by atoms with Crippen LogP contribution in [0.3, 0.4) is 0 Å². The Kier molecular flexibility index (Phi) is 4.04. The minimum absolute atomic E-state index is 0.286. The fraction of sp³-hybridized carbons (Fsp3) is 0.562. The predicted molar refractivity (Wildman–Crippen MR) is 92.2 cm³/mol. The summed E-state index contributed by atoms with van der Waals surface area (Å²) in [5.74, 6) is 0.844. The van der Waals surface area contributed by atoms with E-state index in [4.69, 9.17) is 12.2 Å². The molecule has 0 amide bonds. The maximum absolute atomic E-state index is 5.53. The van der Waals surface area contributed by atoms with Crippen LogP contribution in [-0.4, -0.2) is 10.7 Å². The smallest absolute Gasteiger partial charge is 0.171 e. The number of anilines is 1. The third-order valence-electron chi connectivity index (χ3n) is 4.63. The van der Waals surface area contributed by atoms with E-state index in [0.29, 0.717) is 0 Å². The Balaban J connectivity index is 1.65. The summed E-state index contributed by atoms with van der Waals surface area (Å²) >= 11 is 9.06. The molecule has 0 heterocycles. The predicted octanol–water partition coefficient (Wildman–Crippen LogP) is 4.77. The number of halogens is 1. The molecule has 4 heteroatoms. The molecule has 2 saturated carbocycles. The summed E-state index contributed by atoms with van der Waals surface area (Å²) in [6.07, 6.45) is 7.96. The van der Waals surface area contributed by atoms with Gasteiger partial charge in [-0.1, -0.05) is 28.8 Å². The highest BCUT2D eigenvalue weighted by molar-refractivity contribution is 9.10. The van der Waals surface area contributed by atoms with Gasteiger partial charge < -0.3 is 10.6 Å². The van der Waals surface area contributed by atoms with Crippen LogP contribution in [0.15, 0.2) is 22.7 Å². The standard InChI is InChI=1S/C16H21BrN2S/c1-11-10-13(6-7-14(11)17)18-15(20)19-16(12-4-5-12)8-2-3-9-16/h6-7,10,12H,2-5,8-9H2,1H3,(H2,18,19,20). The molecule has 0 aromatic heterocycles. The van der Waals surface area contributed by atoms with Crippen LogP contribution in [-0.2, 0) is 0 Å². The van der Waals surface area contributed by atoms with Gasteiger partial charge in [-0.05, 0) is 74.5 Å². The van der Waals surface area contributed by atoms with E-state index in [1.807, 2.05) is 0 Å². The highest BCUT2D eigenvalue weighted by atomic mass is 79.9. The largest absolute Gasteiger partial charge is 0.357 e. The Labute approximate surface area is 134 Å². The zero-order valence-corrected chi connectivity index (χ0v) is 14.2. The van der Waals surface area contributed by atoms with E-state index in [0.717, 1.165) is 21.2 Å². The van der Waals surface area contributed by atoms with Gasteiger partial charge in [-0.2, -0.15) is 0 Å². The van der Waals surface area contributed by atoms with E-state index in [-0.39, 0.29) is 5.54 Å². The van der Waals surface area contributed by atoms with Crippen LogP contribution in [0.1, 0.15) is 44.1 Å². The second-order valence-electron chi connectivity index (χ2n) is 6.18. The molecule has 2 nitrogen and oxygen atoms in total. The summed E-state index contributed by atoms with van der Waals surface area (Å²) in [6.45, 7) is 2.09. The first-order valence-electron chi connectivity index (χ1n) is 7.44. The van der Waals surface area contributed by atoms with Crippen LogP contribution in [0.5, 0.6) is 0 Å². The Morgan fingerprint density at radius 2 is 2.00 bits per heavy atom. The van der Waals surface area contributed by atoms with Crippen molar-refractivity contribution in [3.8, 4) is 0 Å². The molecule has 0 unspecified atom stereocenters. The molecule has 2 aliphatic carbocycles. The SMILES string of the molecule is Cc1cc(NC(=S)NC2(C3CC3)CCCC2)ccc1Br. The van der Waals surface area contributed by atoms with Gasteiger partial charge in [0.2, 0.25) is 0 Å². The lowest BCUT2D eigenvalue weighted by molar-refractivity contribution is 0.340. The second kappa shape index (κ2) is 5.64. The molecule has 1 aromatic rings. The average molecular weight is 353 g/mol. The van der Waals surface area contributed by atoms with Crippen molar-refractivity contribution < 1.29 is 0 Å². The molecule has 2 fully saturated rings. The van der Waals surface area contributed by atoms with Crippen LogP contribution in [0.2, 0.25) is 0 Å². The normalized spacial score (nSPS) is 20.7. The molecule has 20 heavy (non-hydrogen) atoms. The quantitative estimate of drug-likeness (QED) is 0.766. The van der Waals surface area contributed by atoms with Gasteiger partial charge in [0.25, 0.3) is 0 Å². The molecule has 0 saturated heterocycles. The average Bonchev–Trinajstić information content (AvgIpc) is 3.16. The van der Waals surface area contributed by atoms with Crippen LogP contribution in [0.25, 0.3) is 0 Å². The molecule has 0 spiro atoms. The molecule has 0 atom stereocenters. The summed E-state index contributed by atoms with van der Waals surface area (Å²) in [4.78, 5) is 0. The number of hydrogen-bond donors (Lipinski definition) is 2. The molecule has 2 N–H and O–H groups in total. The van der Waals surface area contributed by atoms with Crippen molar-refractivity contribution in [2.24, 2.45) is 5.92 Å². The van der Waals surface area contributed by atoms with Gasteiger partial charge in [-0.3, -0.25) is 0 Å². The van der Waals surface area contributed by atoms with E-state index in [2.05, 4.69) is 51.7 Å². The maximum Gasteiger partial charge on any atom is 0.171 e. The van der Waals surface area contributed by atoms with Crippen LogP contribution >= 0.6 is 28.1 Å². The van der Waals surface area contributed by atoms with Crippen molar-refractivity contribution in [2.45, 2.75) is 51.0 Å². The van der Waals surface area contributed by atoms with Crippen LogP contribution in [0, 0.1) is 12.8 Å². The molecule has 0 bridgehead atoms. The minimum Gasteiger partial charge on any atom is -0.357 e. The number of hydrogen-bond acceptors (Lipinski definition) is 1. The van der Waals surface area contributed by atoms with Gasteiger partial charge in [-0.25, -0.2) is 0 Å². The number of rotatable bonds is 3. The Bertz CT molecular complexity index is 519. The molecule has 2 aliphatic rings. The van der Waals surface area contributed by atoms with Crippen molar-refractivity contribution in [1.82, 2.24) is 5.32 Å². The minimum atomic E-state index is 0.286. The van der Waals surface area contributed by atoms with E-state index < -0.39 is 0 Å². The molecular formula is C16H21BrN2S. The molecule has 108 valence electrons. The van der Waals surface area contributed by atoms with E-state index >= 15 is 0 Å². The van der Waals surface area contributed by atoms with Gasteiger partial charge >= 0.3 is 0 Å². The summed E-state index contributed by atoms with van der Waals surface area (Å²) in [5.41, 5.74) is 2.57. The number of nitrogens with one attached hydrogen (secondary N) is 2. The number of thiocarbonyl (C=S) groups is 1. The van der Waals surface area contributed by atoms with Gasteiger partial charge in [0.1, 0.15) is 0 Å². The Morgan fingerprint density at radius 3 is 2.60 bits per heavy atom. The van der Waals surface area contributed by atoms with Crippen molar-refractivity contribution >= 4 is 38.9 Å². The third kappa shape index (κ3) is 3.01. The van der Waals surface area contributed by atoms with E-state index in [1.165, 1.54) is 44.1 Å². The number of aryl methyl sites for hydroxylation is 1. The highest BCUT2D eigenvalue weighted by Gasteiger charge is 2.47. The fourth-order valence-electron chi connectivity index (χ4n) is 3.39. The fourth-order valence-corrected chi connectivity index (χ4v) is 3.96. The maximum atomic E-state index is 5.53. The molecule has 3 rings (SSSR count). The highest BCUT2D eigenvalue weighted by Crippen LogP contribution is 2.48. The Morgan fingerprint density at radius 1 is 1.30 bits per heavy atom. The first-order valence-corrected chi connectivity index (χ1v) is 8.64. The summed E-state index contributed by atoms with van der Waals surface area (Å²) < 4.78 is 1.13. The summed E-state index contributed by atoms with van der Waals surface area (Å²) in [5, 5.41) is 7.77. The van der Waals surface area contributed by atoms with Crippen molar-refractivity contribution in [3.05, 3.63) is 28.2 Å². The third-order valence-corrected chi connectivity index (χ3v) is 5.73. The lowest BCUT2D eigenvalue weighted by Crippen LogP contribution is -2.49. The van der Waals surface area contributed by atoms with E-state index in [9.17, 15) is 0 Å². The van der Waals surface area contributed by atoms with Crippen molar-refractivity contribution in [2.75, 3.05) is 5.32 Å². The lowest BCUT2D eigenvalue weighted by atomic mass is 9.91. The van der Waals surface area contributed by atoms with Gasteiger partial charge in [0.15, 0.2) is 5.11 Å². The van der Waals surface area contributed by atoms with E-state index in [1.54, 1.807) is 0 Å². The topological polar surface area (TPSA) is 24.1 Å². The molecular weight excluding hydrogens is 332 g/mol. The second-order valence-corrected chi connectivity index (χ2v) is 7.44. The van der Waals surface area contributed by atoms with Gasteiger partial charge in [0.05, 0.1) is 0 Å². The Hall–Kier alpha value is -0.610. The molecule has 0 aliphatic heterocycles. The van der Waals surface area contributed by atoms with Crippen LogP contribution < -0.4 is 10.6 Å². The lowest BCUT2D eigenvalue weighted by Gasteiger charge is -2.32. The van der Waals surface area contributed by atoms with Crippen LogP contribution in [0.4, 0.5) is 5.69 Å². The summed E-state index contributed by atoms with van der Waals surface area (Å²) in [7, 11) is 0. The van der Waals surface area contributed by atoms with Crippen molar-refractivity contribution in [3.63, 3.8) is 0 Å². The number of benzene rings is 1. The molecule has 1 aromatic carbocycles. The summed E-state index contributed by atoms with van der Waals surface area (Å²) in [6, 6.07) is 6.24. The van der Waals surface area contributed by atoms with Gasteiger partial charge in [-0.15, -0.1) is 0 Å².